The molecule has 2 heteroatoms. The molecule has 0 fully saturated rings. The summed E-state index contributed by atoms with van der Waals surface area (Å²) in [6.07, 6.45) is 1.16. The van der Waals surface area contributed by atoms with E-state index in [-0.39, 0.29) is 0 Å². The number of nitrogens with zero attached hydrogens (tertiary/aromatic N) is 1. The van der Waals surface area contributed by atoms with Crippen LogP contribution in [0.4, 0.5) is 0 Å². The molecule has 1 aliphatic heterocycles. The van der Waals surface area contributed by atoms with E-state index >= 15 is 0 Å². The highest BCUT2D eigenvalue weighted by atomic mass is 32.2. The van der Waals surface area contributed by atoms with Gasteiger partial charge in [-0.2, -0.15) is 5.26 Å². The summed E-state index contributed by atoms with van der Waals surface area (Å²) in [5.41, 5.74) is 2.17. The van der Waals surface area contributed by atoms with E-state index in [1.807, 2.05) is 23.9 Å². The van der Waals surface area contributed by atoms with Crippen LogP contribution in [0, 0.1) is 11.3 Å². The van der Waals surface area contributed by atoms with Gasteiger partial charge < -0.3 is 0 Å². The normalized spacial score (nSPS) is 14.1. The maximum Gasteiger partial charge on any atom is 0.0992 e. The molecule has 0 bridgehead atoms. The Morgan fingerprint density at radius 1 is 1.45 bits per heavy atom. The van der Waals surface area contributed by atoms with Gasteiger partial charge in [0.15, 0.2) is 0 Å². The maximum atomic E-state index is 8.61. The van der Waals surface area contributed by atoms with Crippen LogP contribution in [-0.4, -0.2) is 5.75 Å². The average Bonchev–Trinajstić information content (AvgIpc) is 2.50. The zero-order valence-electron chi connectivity index (χ0n) is 6.00. The highest BCUT2D eigenvalue weighted by molar-refractivity contribution is 7.99. The first kappa shape index (κ1) is 6.75. The Kier molecular flexibility index (Phi) is 1.59. The number of hydrogen-bond acceptors (Lipinski definition) is 2. The van der Waals surface area contributed by atoms with Crippen molar-refractivity contribution in [2.45, 2.75) is 11.3 Å². The van der Waals surface area contributed by atoms with Crippen molar-refractivity contribution in [3.8, 4) is 6.07 Å². The minimum Gasteiger partial charge on any atom is -0.192 e. The van der Waals surface area contributed by atoms with E-state index in [4.69, 9.17) is 5.26 Å². The monoisotopic (exact) mass is 161 g/mol. The SMILES string of the molecule is N#Cc1ccc2c(c1)SCC2. The number of rotatable bonds is 0. The summed E-state index contributed by atoms with van der Waals surface area (Å²) in [5.74, 6) is 1.17. The summed E-state index contributed by atoms with van der Waals surface area (Å²) in [7, 11) is 0. The van der Waals surface area contributed by atoms with Gasteiger partial charge in [-0.3, -0.25) is 0 Å². The van der Waals surface area contributed by atoms with Crippen LogP contribution in [-0.2, 0) is 6.42 Å². The number of benzene rings is 1. The van der Waals surface area contributed by atoms with Gasteiger partial charge in [0.1, 0.15) is 0 Å². The van der Waals surface area contributed by atoms with Gasteiger partial charge in [-0.05, 0) is 24.1 Å². The van der Waals surface area contributed by atoms with Crippen molar-refractivity contribution in [2.75, 3.05) is 5.75 Å². The highest BCUT2D eigenvalue weighted by Gasteiger charge is 2.10. The summed E-state index contributed by atoms with van der Waals surface area (Å²) in [6, 6.07) is 8.08. The largest absolute Gasteiger partial charge is 0.192 e. The second-order valence-corrected chi connectivity index (χ2v) is 3.67. The maximum absolute atomic E-state index is 8.61. The quantitative estimate of drug-likeness (QED) is 0.582. The number of nitriles is 1. The van der Waals surface area contributed by atoms with Gasteiger partial charge in [0.25, 0.3) is 0 Å². The van der Waals surface area contributed by atoms with Crippen LogP contribution in [0.25, 0.3) is 0 Å². The minimum atomic E-state index is 0.776. The third-order valence-electron chi connectivity index (χ3n) is 1.83. The fourth-order valence-corrected chi connectivity index (χ4v) is 2.34. The van der Waals surface area contributed by atoms with Crippen molar-refractivity contribution in [1.82, 2.24) is 0 Å². The average molecular weight is 161 g/mol. The molecule has 54 valence electrons. The van der Waals surface area contributed by atoms with Gasteiger partial charge in [0, 0.05) is 10.6 Å². The lowest BCUT2D eigenvalue weighted by atomic mass is 10.1. The lowest BCUT2D eigenvalue weighted by Crippen LogP contribution is -1.80. The molecule has 0 N–H and O–H groups in total. The van der Waals surface area contributed by atoms with Crippen LogP contribution in [0.3, 0.4) is 0 Å². The van der Waals surface area contributed by atoms with E-state index in [9.17, 15) is 0 Å². The predicted octanol–water partition coefficient (Wildman–Crippen LogP) is 2.21. The lowest BCUT2D eigenvalue weighted by molar-refractivity contribution is 1.14. The van der Waals surface area contributed by atoms with Gasteiger partial charge >= 0.3 is 0 Å². The van der Waals surface area contributed by atoms with E-state index in [1.165, 1.54) is 16.2 Å². The number of aryl methyl sites for hydroxylation is 1. The molecule has 0 atom stereocenters. The van der Waals surface area contributed by atoms with Crippen molar-refractivity contribution < 1.29 is 0 Å². The van der Waals surface area contributed by atoms with Crippen LogP contribution < -0.4 is 0 Å². The molecular formula is C9H7NS. The number of thioether (sulfide) groups is 1. The van der Waals surface area contributed by atoms with Crippen LogP contribution >= 0.6 is 11.8 Å². The molecule has 11 heavy (non-hydrogen) atoms. The molecule has 1 aromatic carbocycles. The third kappa shape index (κ3) is 1.12. The first-order valence-corrected chi connectivity index (χ1v) is 4.54. The predicted molar refractivity (Wildman–Crippen MR) is 45.6 cm³/mol. The third-order valence-corrected chi connectivity index (χ3v) is 2.92. The molecule has 0 unspecified atom stereocenters. The molecule has 0 saturated heterocycles. The van der Waals surface area contributed by atoms with Crippen LogP contribution in [0.15, 0.2) is 23.1 Å². The van der Waals surface area contributed by atoms with Gasteiger partial charge in [0.2, 0.25) is 0 Å². The molecule has 0 aromatic heterocycles. The summed E-state index contributed by atoms with van der Waals surface area (Å²) in [6.45, 7) is 0. The Morgan fingerprint density at radius 2 is 2.36 bits per heavy atom. The molecule has 1 aromatic rings. The molecule has 0 saturated carbocycles. The van der Waals surface area contributed by atoms with Crippen molar-refractivity contribution in [1.29, 1.82) is 5.26 Å². The van der Waals surface area contributed by atoms with Gasteiger partial charge in [-0.25, -0.2) is 0 Å². The Labute approximate surface area is 70.0 Å². The Bertz CT molecular complexity index is 325. The smallest absolute Gasteiger partial charge is 0.0992 e. The second kappa shape index (κ2) is 2.60. The molecule has 2 rings (SSSR count). The van der Waals surface area contributed by atoms with Crippen LogP contribution in [0.1, 0.15) is 11.1 Å². The van der Waals surface area contributed by atoms with Crippen molar-refractivity contribution in [2.24, 2.45) is 0 Å². The fourth-order valence-electron chi connectivity index (χ4n) is 1.24. The standard InChI is InChI=1S/C9H7NS/c10-6-7-1-2-8-3-4-11-9(8)5-7/h1-2,5H,3-4H2. The molecule has 0 amide bonds. The molecule has 0 radical (unpaired) electrons. The second-order valence-electron chi connectivity index (χ2n) is 2.53. The van der Waals surface area contributed by atoms with E-state index < -0.39 is 0 Å². The summed E-state index contributed by atoms with van der Waals surface area (Å²) in [5, 5.41) is 8.61. The Morgan fingerprint density at radius 3 is 3.18 bits per heavy atom. The minimum absolute atomic E-state index is 0.776. The summed E-state index contributed by atoms with van der Waals surface area (Å²) >= 11 is 1.85. The number of fused-ring (bicyclic) bond motifs is 1. The van der Waals surface area contributed by atoms with Crippen LogP contribution in [0.2, 0.25) is 0 Å². The van der Waals surface area contributed by atoms with E-state index in [1.54, 1.807) is 0 Å². The van der Waals surface area contributed by atoms with E-state index in [0.717, 1.165) is 12.0 Å². The molecule has 1 nitrogen and oxygen atoms in total. The van der Waals surface area contributed by atoms with E-state index in [0.29, 0.717) is 0 Å². The van der Waals surface area contributed by atoms with E-state index in [2.05, 4.69) is 12.1 Å². The zero-order chi connectivity index (χ0) is 7.68. The van der Waals surface area contributed by atoms with Gasteiger partial charge in [-0.1, -0.05) is 6.07 Å². The molecular weight excluding hydrogens is 154 g/mol. The highest BCUT2D eigenvalue weighted by Crippen LogP contribution is 2.31. The van der Waals surface area contributed by atoms with Crippen molar-refractivity contribution in [3.63, 3.8) is 0 Å². The molecule has 0 spiro atoms. The fraction of sp³-hybridized carbons (Fsp3) is 0.222. The summed E-state index contributed by atoms with van der Waals surface area (Å²) < 4.78 is 0. The first-order valence-electron chi connectivity index (χ1n) is 3.56. The topological polar surface area (TPSA) is 23.8 Å². The molecule has 0 aliphatic carbocycles. The first-order chi connectivity index (χ1) is 5.40. The van der Waals surface area contributed by atoms with Crippen LogP contribution in [0.5, 0.6) is 0 Å². The Hall–Kier alpha value is -0.940. The van der Waals surface area contributed by atoms with Gasteiger partial charge in [0.05, 0.1) is 11.6 Å². The van der Waals surface area contributed by atoms with Crippen molar-refractivity contribution >= 4 is 11.8 Å². The number of hydrogen-bond donors (Lipinski definition) is 0. The molecule has 1 heterocycles. The van der Waals surface area contributed by atoms with Crippen molar-refractivity contribution in [3.05, 3.63) is 29.3 Å². The molecule has 1 aliphatic rings. The lowest BCUT2D eigenvalue weighted by Gasteiger charge is -1.95. The zero-order valence-corrected chi connectivity index (χ0v) is 6.82. The Balaban J connectivity index is 2.51. The van der Waals surface area contributed by atoms with Gasteiger partial charge in [-0.15, -0.1) is 11.8 Å². The summed E-state index contributed by atoms with van der Waals surface area (Å²) in [4.78, 5) is 1.30.